The molecule has 0 radical (unpaired) electrons. The Bertz CT molecular complexity index is 798. The van der Waals surface area contributed by atoms with Gasteiger partial charge >= 0.3 is 0 Å². The molecule has 0 saturated carbocycles. The average Bonchev–Trinajstić information content (AvgIpc) is 2.69. The molecule has 1 aliphatic heterocycles. The number of carbonyl (C=O) groups is 1. The van der Waals surface area contributed by atoms with Crippen LogP contribution in [0.25, 0.3) is 0 Å². The first-order valence-electron chi connectivity index (χ1n) is 10.4. The van der Waals surface area contributed by atoms with E-state index in [2.05, 4.69) is 19.9 Å². The minimum atomic E-state index is -3.46. The van der Waals surface area contributed by atoms with E-state index in [4.69, 9.17) is 4.74 Å². The van der Waals surface area contributed by atoms with Crippen molar-refractivity contribution in [1.29, 1.82) is 0 Å². The second-order valence-electron chi connectivity index (χ2n) is 7.76. The standard InChI is InChI=1S/C21H35N3O4S/c1-7-23(8-2)29(26,27)24-13-11-22(12-14-24)21(25)18(6)28-20-15-19(16(3)4)10-9-17(20)5/h9-10,15-16,18H,7-8,11-14H2,1-6H3. The van der Waals surface area contributed by atoms with Gasteiger partial charge in [0.2, 0.25) is 0 Å². The Kier molecular flexibility index (Phi) is 8.08. The summed E-state index contributed by atoms with van der Waals surface area (Å²) in [7, 11) is -3.46. The molecule has 1 aromatic carbocycles. The van der Waals surface area contributed by atoms with Crippen LogP contribution in [0, 0.1) is 6.92 Å². The fraction of sp³-hybridized carbons (Fsp3) is 0.667. The van der Waals surface area contributed by atoms with Crippen LogP contribution in [0.4, 0.5) is 0 Å². The Morgan fingerprint density at radius 1 is 1.10 bits per heavy atom. The summed E-state index contributed by atoms with van der Waals surface area (Å²) >= 11 is 0. The molecule has 1 aliphatic rings. The predicted octanol–water partition coefficient (Wildman–Crippen LogP) is 2.62. The van der Waals surface area contributed by atoms with Crippen LogP contribution in [0.2, 0.25) is 0 Å². The molecule has 1 heterocycles. The summed E-state index contributed by atoms with van der Waals surface area (Å²) in [6, 6.07) is 6.09. The highest BCUT2D eigenvalue weighted by Gasteiger charge is 2.33. The average molecular weight is 426 g/mol. The van der Waals surface area contributed by atoms with Crippen LogP contribution in [0.3, 0.4) is 0 Å². The van der Waals surface area contributed by atoms with E-state index < -0.39 is 16.3 Å². The SMILES string of the molecule is CCN(CC)S(=O)(=O)N1CCN(C(=O)C(C)Oc2cc(C(C)C)ccc2C)CC1. The number of aryl methyl sites for hydroxylation is 1. The number of hydrogen-bond donors (Lipinski definition) is 0. The van der Waals surface area contributed by atoms with Crippen LogP contribution < -0.4 is 4.74 Å². The molecule has 1 amide bonds. The van der Waals surface area contributed by atoms with Crippen molar-refractivity contribution in [1.82, 2.24) is 13.5 Å². The van der Waals surface area contributed by atoms with Gasteiger partial charge in [0.1, 0.15) is 5.75 Å². The minimum absolute atomic E-state index is 0.112. The molecule has 29 heavy (non-hydrogen) atoms. The Labute approximate surface area is 175 Å². The highest BCUT2D eigenvalue weighted by atomic mass is 32.2. The van der Waals surface area contributed by atoms with Gasteiger partial charge in [0.15, 0.2) is 6.10 Å². The number of piperazine rings is 1. The molecule has 0 bridgehead atoms. The lowest BCUT2D eigenvalue weighted by Gasteiger charge is -2.37. The van der Waals surface area contributed by atoms with E-state index in [1.54, 1.807) is 11.8 Å². The topological polar surface area (TPSA) is 70.2 Å². The van der Waals surface area contributed by atoms with Crippen molar-refractivity contribution in [2.45, 2.75) is 53.6 Å². The lowest BCUT2D eigenvalue weighted by Crippen LogP contribution is -2.55. The predicted molar refractivity (Wildman–Crippen MR) is 115 cm³/mol. The number of benzene rings is 1. The van der Waals surface area contributed by atoms with Crippen molar-refractivity contribution in [2.75, 3.05) is 39.3 Å². The van der Waals surface area contributed by atoms with Crippen LogP contribution in [-0.4, -0.2) is 73.2 Å². The number of hydrogen-bond acceptors (Lipinski definition) is 4. The van der Waals surface area contributed by atoms with Crippen LogP contribution in [0.15, 0.2) is 18.2 Å². The molecule has 1 aromatic rings. The Morgan fingerprint density at radius 3 is 2.21 bits per heavy atom. The number of rotatable bonds is 8. The summed E-state index contributed by atoms with van der Waals surface area (Å²) < 4.78 is 34.2. The monoisotopic (exact) mass is 425 g/mol. The highest BCUT2D eigenvalue weighted by Crippen LogP contribution is 2.25. The molecule has 7 nitrogen and oxygen atoms in total. The Hall–Kier alpha value is -1.64. The van der Waals surface area contributed by atoms with Gasteiger partial charge in [0.05, 0.1) is 0 Å². The highest BCUT2D eigenvalue weighted by molar-refractivity contribution is 7.86. The lowest BCUT2D eigenvalue weighted by atomic mass is 10.0. The Balaban J connectivity index is 2.00. The lowest BCUT2D eigenvalue weighted by molar-refractivity contribution is -0.139. The molecule has 0 aliphatic carbocycles. The molecular weight excluding hydrogens is 390 g/mol. The van der Waals surface area contributed by atoms with Crippen molar-refractivity contribution in [3.05, 3.63) is 29.3 Å². The Morgan fingerprint density at radius 2 is 1.69 bits per heavy atom. The fourth-order valence-corrected chi connectivity index (χ4v) is 5.06. The third kappa shape index (κ3) is 5.49. The van der Waals surface area contributed by atoms with Gasteiger partial charge in [-0.3, -0.25) is 4.79 Å². The zero-order valence-corrected chi connectivity index (χ0v) is 19.3. The molecule has 164 valence electrons. The third-order valence-corrected chi connectivity index (χ3v) is 7.63. The van der Waals surface area contributed by atoms with E-state index in [1.807, 2.05) is 32.9 Å². The van der Waals surface area contributed by atoms with E-state index in [0.29, 0.717) is 45.2 Å². The second-order valence-corrected chi connectivity index (χ2v) is 9.68. The molecule has 1 fully saturated rings. The molecule has 1 atom stereocenters. The van der Waals surface area contributed by atoms with E-state index >= 15 is 0 Å². The number of carbonyl (C=O) groups excluding carboxylic acids is 1. The van der Waals surface area contributed by atoms with Crippen LogP contribution >= 0.6 is 0 Å². The smallest absolute Gasteiger partial charge is 0.282 e. The van der Waals surface area contributed by atoms with Crippen LogP contribution in [-0.2, 0) is 15.0 Å². The van der Waals surface area contributed by atoms with Crippen LogP contribution in [0.1, 0.15) is 51.7 Å². The number of nitrogens with zero attached hydrogens (tertiary/aromatic N) is 3. The molecular formula is C21H35N3O4S. The zero-order chi connectivity index (χ0) is 21.8. The maximum absolute atomic E-state index is 12.9. The van der Waals surface area contributed by atoms with Crippen molar-refractivity contribution >= 4 is 16.1 Å². The summed E-state index contributed by atoms with van der Waals surface area (Å²) in [5.74, 6) is 0.990. The van der Waals surface area contributed by atoms with Crippen molar-refractivity contribution in [3.63, 3.8) is 0 Å². The molecule has 1 saturated heterocycles. The summed E-state index contributed by atoms with van der Waals surface area (Å²) in [4.78, 5) is 14.6. The van der Waals surface area contributed by atoms with Gasteiger partial charge in [0, 0.05) is 39.3 Å². The van der Waals surface area contributed by atoms with E-state index in [1.165, 1.54) is 14.2 Å². The van der Waals surface area contributed by atoms with E-state index in [-0.39, 0.29) is 5.91 Å². The summed E-state index contributed by atoms with van der Waals surface area (Å²) in [6.45, 7) is 13.9. The largest absolute Gasteiger partial charge is 0.481 e. The van der Waals surface area contributed by atoms with E-state index in [0.717, 1.165) is 11.3 Å². The molecule has 1 unspecified atom stereocenters. The maximum atomic E-state index is 12.9. The molecule has 2 rings (SSSR count). The summed E-state index contributed by atoms with van der Waals surface area (Å²) in [5.41, 5.74) is 2.16. The zero-order valence-electron chi connectivity index (χ0n) is 18.5. The minimum Gasteiger partial charge on any atom is -0.481 e. The van der Waals surface area contributed by atoms with Crippen molar-refractivity contribution in [2.24, 2.45) is 0 Å². The van der Waals surface area contributed by atoms with E-state index in [9.17, 15) is 13.2 Å². The normalized spacial score (nSPS) is 17.0. The summed E-state index contributed by atoms with van der Waals surface area (Å²) in [6.07, 6.45) is -0.623. The first-order chi connectivity index (χ1) is 13.6. The van der Waals surface area contributed by atoms with Gasteiger partial charge in [-0.25, -0.2) is 0 Å². The van der Waals surface area contributed by atoms with Gasteiger partial charge in [-0.1, -0.05) is 39.8 Å². The van der Waals surface area contributed by atoms with Crippen molar-refractivity contribution in [3.8, 4) is 5.75 Å². The second kappa shape index (κ2) is 9.91. The number of ether oxygens (including phenoxy) is 1. The molecule has 8 heteroatoms. The van der Waals surface area contributed by atoms with Gasteiger partial charge in [-0.05, 0) is 37.0 Å². The quantitative estimate of drug-likeness (QED) is 0.642. The fourth-order valence-electron chi connectivity index (χ4n) is 3.45. The molecule has 0 aromatic heterocycles. The summed E-state index contributed by atoms with van der Waals surface area (Å²) in [5, 5.41) is 0. The first kappa shape index (κ1) is 23.6. The van der Waals surface area contributed by atoms with Crippen LogP contribution in [0.5, 0.6) is 5.75 Å². The third-order valence-electron chi connectivity index (χ3n) is 5.44. The van der Waals surface area contributed by atoms with Gasteiger partial charge < -0.3 is 9.64 Å². The van der Waals surface area contributed by atoms with Gasteiger partial charge in [-0.15, -0.1) is 0 Å². The van der Waals surface area contributed by atoms with Gasteiger partial charge in [0.25, 0.3) is 16.1 Å². The van der Waals surface area contributed by atoms with Gasteiger partial charge in [-0.2, -0.15) is 17.0 Å². The maximum Gasteiger partial charge on any atom is 0.282 e. The first-order valence-corrected chi connectivity index (χ1v) is 11.8. The molecule has 0 spiro atoms. The number of amides is 1. The molecule has 0 N–H and O–H groups in total. The van der Waals surface area contributed by atoms with Crippen molar-refractivity contribution < 1.29 is 17.9 Å².